The Labute approximate surface area is 141 Å². The van der Waals surface area contributed by atoms with E-state index in [1.807, 2.05) is 12.1 Å². The maximum Gasteiger partial charge on any atom is 0.196 e. The van der Waals surface area contributed by atoms with Crippen molar-refractivity contribution in [1.29, 1.82) is 0 Å². The molecule has 1 aromatic rings. The number of aliphatic hydroxyl groups is 1. The van der Waals surface area contributed by atoms with E-state index in [0.29, 0.717) is 35.8 Å². The summed E-state index contributed by atoms with van der Waals surface area (Å²) in [6.45, 7) is 1.12. The van der Waals surface area contributed by atoms with Crippen LogP contribution in [0.3, 0.4) is 0 Å². The van der Waals surface area contributed by atoms with Gasteiger partial charge < -0.3 is 19.3 Å². The lowest BCUT2D eigenvalue weighted by Gasteiger charge is -2.47. The van der Waals surface area contributed by atoms with Crippen LogP contribution >= 0.6 is 0 Å². The molecule has 0 aromatic heterocycles. The van der Waals surface area contributed by atoms with Gasteiger partial charge in [-0.05, 0) is 37.8 Å². The Balaban J connectivity index is 1.95. The number of rotatable bonds is 2. The zero-order valence-electron chi connectivity index (χ0n) is 13.8. The topological polar surface area (TPSA) is 65.0 Å². The first-order valence-corrected chi connectivity index (χ1v) is 8.57. The highest BCUT2D eigenvalue weighted by molar-refractivity contribution is 6.05. The van der Waals surface area contributed by atoms with Gasteiger partial charge in [-0.3, -0.25) is 4.79 Å². The Morgan fingerprint density at radius 3 is 2.92 bits per heavy atom. The number of allylic oxidation sites excluding steroid dienone is 1. The van der Waals surface area contributed by atoms with E-state index in [1.54, 1.807) is 12.1 Å². The van der Waals surface area contributed by atoms with Crippen molar-refractivity contribution in [3.05, 3.63) is 41.2 Å². The van der Waals surface area contributed by atoms with Crippen molar-refractivity contribution in [1.82, 2.24) is 0 Å². The van der Waals surface area contributed by atoms with Crippen LogP contribution in [0.15, 0.2) is 30.0 Å². The average Bonchev–Trinajstić information content (AvgIpc) is 2.66. The number of methoxy groups -OCH3 is 1. The lowest BCUT2D eigenvalue weighted by Crippen LogP contribution is -2.54. The van der Waals surface area contributed by atoms with Crippen molar-refractivity contribution in [2.45, 2.75) is 37.4 Å². The molecular formula is C19H22O5. The number of Topliss-reactive ketones (excluding diaryl/α,β-unsaturated/α-hetero) is 1. The number of fused-ring (bicyclic) bond motifs is 2. The van der Waals surface area contributed by atoms with Crippen molar-refractivity contribution < 1.29 is 24.1 Å². The fourth-order valence-corrected chi connectivity index (χ4v) is 4.22. The Kier molecular flexibility index (Phi) is 3.85. The van der Waals surface area contributed by atoms with Gasteiger partial charge in [0.05, 0.1) is 19.3 Å². The van der Waals surface area contributed by atoms with Crippen LogP contribution in [0.4, 0.5) is 0 Å². The number of hydrogen-bond donors (Lipinski definition) is 1. The van der Waals surface area contributed by atoms with Crippen LogP contribution in [0.1, 0.15) is 41.6 Å². The molecule has 1 aromatic carbocycles. The minimum atomic E-state index is -1.34. The van der Waals surface area contributed by atoms with Crippen molar-refractivity contribution in [2.75, 3.05) is 20.3 Å². The molecule has 5 nitrogen and oxygen atoms in total. The van der Waals surface area contributed by atoms with E-state index >= 15 is 0 Å². The average molecular weight is 330 g/mol. The van der Waals surface area contributed by atoms with Gasteiger partial charge in [0.25, 0.3) is 0 Å². The molecule has 2 heterocycles. The van der Waals surface area contributed by atoms with Crippen molar-refractivity contribution in [2.24, 2.45) is 5.92 Å². The summed E-state index contributed by atoms with van der Waals surface area (Å²) in [6.07, 6.45) is 4.65. The molecule has 3 atom stereocenters. The predicted octanol–water partition coefficient (Wildman–Crippen LogP) is 2.57. The molecule has 4 rings (SSSR count). The zero-order chi connectivity index (χ0) is 16.7. The van der Waals surface area contributed by atoms with Gasteiger partial charge in [0, 0.05) is 18.1 Å². The van der Waals surface area contributed by atoms with E-state index in [9.17, 15) is 9.90 Å². The van der Waals surface area contributed by atoms with Gasteiger partial charge in [0.1, 0.15) is 17.6 Å². The van der Waals surface area contributed by atoms with E-state index in [0.717, 1.165) is 25.7 Å². The maximum atomic E-state index is 13.0. The molecule has 128 valence electrons. The SMILES string of the molecule is COc1cccc2c1C(=O)[C@H]1OCCC[C@@H]1[C@@]2(O)C1=CCCCO1. The molecule has 1 N–H and O–H groups in total. The third-order valence-electron chi connectivity index (χ3n) is 5.33. The molecule has 24 heavy (non-hydrogen) atoms. The molecule has 0 bridgehead atoms. The second-order valence-electron chi connectivity index (χ2n) is 6.61. The summed E-state index contributed by atoms with van der Waals surface area (Å²) in [5, 5.41) is 11.8. The normalized spacial score (nSPS) is 32.2. The third-order valence-corrected chi connectivity index (χ3v) is 5.33. The summed E-state index contributed by atoms with van der Waals surface area (Å²) < 4.78 is 17.0. The number of hydrogen-bond acceptors (Lipinski definition) is 5. The molecule has 0 amide bonds. The Morgan fingerprint density at radius 2 is 2.17 bits per heavy atom. The van der Waals surface area contributed by atoms with Gasteiger partial charge in [-0.15, -0.1) is 0 Å². The first-order chi connectivity index (χ1) is 11.7. The number of carbonyl (C=O) groups excluding carboxylic acids is 1. The first-order valence-electron chi connectivity index (χ1n) is 8.57. The highest BCUT2D eigenvalue weighted by Gasteiger charge is 2.56. The molecule has 5 heteroatoms. The molecule has 1 aliphatic carbocycles. The van der Waals surface area contributed by atoms with E-state index < -0.39 is 11.7 Å². The van der Waals surface area contributed by atoms with E-state index in [-0.39, 0.29) is 11.7 Å². The molecule has 3 aliphatic rings. The summed E-state index contributed by atoms with van der Waals surface area (Å²) >= 11 is 0. The second kappa shape index (κ2) is 5.90. The van der Waals surface area contributed by atoms with Crippen LogP contribution < -0.4 is 4.74 Å². The van der Waals surface area contributed by atoms with Crippen LogP contribution in [-0.4, -0.2) is 37.3 Å². The minimum Gasteiger partial charge on any atom is -0.496 e. The molecule has 1 saturated heterocycles. The standard InChI is InChI=1S/C19H22O5/c1-22-14-8-4-6-12-16(14)17(20)18-13(7-5-11-24-18)19(12,21)15-9-2-3-10-23-15/h4,6,8-9,13,18,21H,2-3,5,7,10-11H2,1H3/t13-,18-,19+/m0/s1. The van der Waals surface area contributed by atoms with E-state index in [2.05, 4.69) is 0 Å². The largest absolute Gasteiger partial charge is 0.496 e. The van der Waals surface area contributed by atoms with Gasteiger partial charge in [0.2, 0.25) is 0 Å². The monoisotopic (exact) mass is 330 g/mol. The zero-order valence-corrected chi connectivity index (χ0v) is 13.8. The quantitative estimate of drug-likeness (QED) is 0.903. The summed E-state index contributed by atoms with van der Waals surface area (Å²) in [6, 6.07) is 5.36. The van der Waals surface area contributed by atoms with Gasteiger partial charge in [-0.25, -0.2) is 0 Å². The van der Waals surface area contributed by atoms with Crippen LogP contribution in [0.25, 0.3) is 0 Å². The van der Waals surface area contributed by atoms with Crippen LogP contribution in [0.5, 0.6) is 5.75 Å². The minimum absolute atomic E-state index is 0.103. The lowest BCUT2D eigenvalue weighted by atomic mass is 9.65. The highest BCUT2D eigenvalue weighted by atomic mass is 16.5. The van der Waals surface area contributed by atoms with Crippen molar-refractivity contribution >= 4 is 5.78 Å². The van der Waals surface area contributed by atoms with Gasteiger partial charge in [0.15, 0.2) is 11.4 Å². The summed E-state index contributed by atoms with van der Waals surface area (Å²) in [7, 11) is 1.53. The fourth-order valence-electron chi connectivity index (χ4n) is 4.22. The molecule has 2 aliphatic heterocycles. The van der Waals surface area contributed by atoms with Crippen LogP contribution in [0.2, 0.25) is 0 Å². The summed E-state index contributed by atoms with van der Waals surface area (Å²) in [5.41, 5.74) is -0.351. The number of carbonyl (C=O) groups is 1. The highest BCUT2D eigenvalue weighted by Crippen LogP contribution is 2.51. The van der Waals surface area contributed by atoms with Gasteiger partial charge >= 0.3 is 0 Å². The third kappa shape index (κ3) is 2.11. The number of ketones is 1. The molecule has 0 saturated carbocycles. The van der Waals surface area contributed by atoms with Crippen LogP contribution in [-0.2, 0) is 15.1 Å². The fraction of sp³-hybridized carbons (Fsp3) is 0.526. The van der Waals surface area contributed by atoms with Gasteiger partial charge in [-0.1, -0.05) is 12.1 Å². The smallest absolute Gasteiger partial charge is 0.196 e. The Morgan fingerprint density at radius 1 is 1.29 bits per heavy atom. The van der Waals surface area contributed by atoms with E-state index in [1.165, 1.54) is 7.11 Å². The van der Waals surface area contributed by atoms with Crippen molar-refractivity contribution in [3.8, 4) is 5.75 Å². The van der Waals surface area contributed by atoms with E-state index in [4.69, 9.17) is 14.2 Å². The number of ether oxygens (including phenoxy) is 3. The maximum absolute atomic E-state index is 13.0. The molecule has 1 fully saturated rings. The lowest BCUT2D eigenvalue weighted by molar-refractivity contribution is -0.123. The van der Waals surface area contributed by atoms with Crippen LogP contribution in [0, 0.1) is 5.92 Å². The number of benzene rings is 1. The Bertz CT molecular complexity index is 695. The molecule has 0 spiro atoms. The summed E-state index contributed by atoms with van der Waals surface area (Å²) in [5.74, 6) is 0.590. The van der Waals surface area contributed by atoms with Gasteiger partial charge in [-0.2, -0.15) is 0 Å². The predicted molar refractivity (Wildman–Crippen MR) is 87.0 cm³/mol. The molecule has 0 radical (unpaired) electrons. The summed E-state index contributed by atoms with van der Waals surface area (Å²) in [4.78, 5) is 13.0. The first kappa shape index (κ1) is 15.7. The second-order valence-corrected chi connectivity index (χ2v) is 6.61. The Hall–Kier alpha value is -1.85. The van der Waals surface area contributed by atoms with Crippen molar-refractivity contribution in [3.63, 3.8) is 0 Å². The molecular weight excluding hydrogens is 308 g/mol. The molecule has 0 unspecified atom stereocenters.